The minimum atomic E-state index is -0.0421. The molecule has 5 nitrogen and oxygen atoms in total. The SMILES string of the molecule is CC1CCCN(C(N)=NCC2(NC(C)c3ccccc3)CCOCC2)C1.I. The van der Waals surface area contributed by atoms with Crippen molar-refractivity contribution in [1.82, 2.24) is 10.2 Å². The van der Waals surface area contributed by atoms with Crippen LogP contribution >= 0.6 is 24.0 Å². The molecule has 27 heavy (non-hydrogen) atoms. The Kier molecular flexibility index (Phi) is 8.82. The first-order chi connectivity index (χ1) is 12.6. The number of halogens is 1. The fraction of sp³-hybridized carbons (Fsp3) is 0.667. The Morgan fingerprint density at radius 2 is 2.04 bits per heavy atom. The average Bonchev–Trinajstić information content (AvgIpc) is 2.67. The molecule has 1 aromatic rings. The highest BCUT2D eigenvalue weighted by atomic mass is 127. The molecule has 3 N–H and O–H groups in total. The molecule has 3 rings (SSSR count). The van der Waals surface area contributed by atoms with Gasteiger partial charge in [0.15, 0.2) is 5.96 Å². The van der Waals surface area contributed by atoms with E-state index in [2.05, 4.69) is 54.4 Å². The number of ether oxygens (including phenoxy) is 1. The Morgan fingerprint density at radius 3 is 2.70 bits per heavy atom. The summed E-state index contributed by atoms with van der Waals surface area (Å²) in [6.07, 6.45) is 4.44. The molecule has 0 aliphatic carbocycles. The summed E-state index contributed by atoms with van der Waals surface area (Å²) in [6, 6.07) is 10.9. The van der Waals surface area contributed by atoms with Crippen LogP contribution in [-0.4, -0.2) is 49.2 Å². The van der Waals surface area contributed by atoms with Crippen molar-refractivity contribution in [2.24, 2.45) is 16.6 Å². The lowest BCUT2D eigenvalue weighted by molar-refractivity contribution is 0.0373. The van der Waals surface area contributed by atoms with Gasteiger partial charge in [-0.15, -0.1) is 24.0 Å². The van der Waals surface area contributed by atoms with Crippen LogP contribution in [0.3, 0.4) is 0 Å². The summed E-state index contributed by atoms with van der Waals surface area (Å²) in [7, 11) is 0. The first-order valence-electron chi connectivity index (χ1n) is 10.0. The van der Waals surface area contributed by atoms with Crippen LogP contribution in [0, 0.1) is 5.92 Å². The Hall–Kier alpha value is -0.860. The molecule has 2 atom stereocenters. The predicted molar refractivity (Wildman–Crippen MR) is 123 cm³/mol. The monoisotopic (exact) mass is 486 g/mol. The minimum absolute atomic E-state index is 0. The summed E-state index contributed by atoms with van der Waals surface area (Å²) >= 11 is 0. The van der Waals surface area contributed by atoms with Gasteiger partial charge in [-0.25, -0.2) is 0 Å². The molecular weight excluding hydrogens is 451 g/mol. The molecule has 0 spiro atoms. The van der Waals surface area contributed by atoms with Crippen molar-refractivity contribution < 1.29 is 4.74 Å². The molecule has 2 aliphatic heterocycles. The fourth-order valence-corrected chi connectivity index (χ4v) is 4.12. The van der Waals surface area contributed by atoms with Gasteiger partial charge in [0.25, 0.3) is 0 Å². The number of nitrogens with zero attached hydrogens (tertiary/aromatic N) is 2. The number of piperidine rings is 1. The molecular formula is C21H35IN4O. The molecule has 152 valence electrons. The van der Waals surface area contributed by atoms with Crippen molar-refractivity contribution >= 4 is 29.9 Å². The molecule has 0 amide bonds. The van der Waals surface area contributed by atoms with Crippen LogP contribution in [0.5, 0.6) is 0 Å². The highest BCUT2D eigenvalue weighted by molar-refractivity contribution is 14.0. The normalized spacial score (nSPS) is 24.1. The van der Waals surface area contributed by atoms with Gasteiger partial charge in [-0.3, -0.25) is 4.99 Å². The molecule has 0 aromatic heterocycles. The quantitative estimate of drug-likeness (QED) is 0.380. The maximum Gasteiger partial charge on any atom is 0.191 e. The third-order valence-electron chi connectivity index (χ3n) is 5.80. The topological polar surface area (TPSA) is 62.9 Å². The number of likely N-dealkylation sites (tertiary alicyclic amines) is 1. The van der Waals surface area contributed by atoms with Gasteiger partial charge < -0.3 is 20.7 Å². The van der Waals surface area contributed by atoms with E-state index >= 15 is 0 Å². The first-order valence-corrected chi connectivity index (χ1v) is 10.0. The van der Waals surface area contributed by atoms with Gasteiger partial charge in [-0.05, 0) is 44.1 Å². The maximum absolute atomic E-state index is 6.35. The Balaban J connectivity index is 0.00000261. The van der Waals surface area contributed by atoms with Crippen LogP contribution in [0.2, 0.25) is 0 Å². The third kappa shape index (κ3) is 6.32. The molecule has 2 fully saturated rings. The van der Waals surface area contributed by atoms with E-state index in [4.69, 9.17) is 15.5 Å². The summed E-state index contributed by atoms with van der Waals surface area (Å²) in [5.74, 6) is 1.40. The number of nitrogens with one attached hydrogen (secondary N) is 1. The number of benzene rings is 1. The first kappa shape index (κ1) is 22.4. The zero-order chi connectivity index (χ0) is 18.4. The molecule has 2 aliphatic rings. The molecule has 2 unspecified atom stereocenters. The lowest BCUT2D eigenvalue weighted by atomic mass is 9.88. The zero-order valence-corrected chi connectivity index (χ0v) is 19.0. The van der Waals surface area contributed by atoms with E-state index in [9.17, 15) is 0 Å². The highest BCUT2D eigenvalue weighted by Crippen LogP contribution is 2.26. The predicted octanol–water partition coefficient (Wildman–Crippen LogP) is 3.55. The Bertz CT molecular complexity index is 589. The van der Waals surface area contributed by atoms with E-state index < -0.39 is 0 Å². The molecule has 2 heterocycles. The van der Waals surface area contributed by atoms with Gasteiger partial charge in [0.05, 0.1) is 6.54 Å². The van der Waals surface area contributed by atoms with Gasteiger partial charge in [0.2, 0.25) is 0 Å². The smallest absolute Gasteiger partial charge is 0.191 e. The second-order valence-corrected chi connectivity index (χ2v) is 8.04. The summed E-state index contributed by atoms with van der Waals surface area (Å²) in [5.41, 5.74) is 7.61. The molecule has 0 saturated carbocycles. The van der Waals surface area contributed by atoms with E-state index in [-0.39, 0.29) is 35.6 Å². The second kappa shape index (κ2) is 10.6. The zero-order valence-electron chi connectivity index (χ0n) is 16.7. The second-order valence-electron chi connectivity index (χ2n) is 8.04. The van der Waals surface area contributed by atoms with Crippen LogP contribution in [0.25, 0.3) is 0 Å². The van der Waals surface area contributed by atoms with E-state index in [0.717, 1.165) is 39.1 Å². The van der Waals surface area contributed by atoms with E-state index in [1.165, 1.54) is 18.4 Å². The average molecular weight is 486 g/mol. The molecule has 1 aromatic carbocycles. The number of aliphatic imine (C=N–C) groups is 1. The van der Waals surface area contributed by atoms with Crippen LogP contribution in [0.15, 0.2) is 35.3 Å². The van der Waals surface area contributed by atoms with Gasteiger partial charge in [-0.1, -0.05) is 37.3 Å². The van der Waals surface area contributed by atoms with E-state index in [1.807, 2.05) is 0 Å². The summed E-state index contributed by atoms with van der Waals surface area (Å²) in [6.45, 7) is 8.86. The number of guanidine groups is 1. The van der Waals surface area contributed by atoms with Gasteiger partial charge in [0, 0.05) is 37.9 Å². The number of rotatable bonds is 5. The van der Waals surface area contributed by atoms with Gasteiger partial charge >= 0.3 is 0 Å². The van der Waals surface area contributed by atoms with Crippen LogP contribution in [0.4, 0.5) is 0 Å². The molecule has 0 bridgehead atoms. The van der Waals surface area contributed by atoms with Gasteiger partial charge in [0.1, 0.15) is 0 Å². The van der Waals surface area contributed by atoms with Crippen molar-refractivity contribution in [2.45, 2.75) is 51.1 Å². The summed E-state index contributed by atoms with van der Waals surface area (Å²) in [5, 5.41) is 3.85. The van der Waals surface area contributed by atoms with Gasteiger partial charge in [-0.2, -0.15) is 0 Å². The summed E-state index contributed by atoms with van der Waals surface area (Å²) in [4.78, 5) is 7.08. The highest BCUT2D eigenvalue weighted by Gasteiger charge is 2.34. The minimum Gasteiger partial charge on any atom is -0.381 e. The van der Waals surface area contributed by atoms with Crippen molar-refractivity contribution in [3.05, 3.63) is 35.9 Å². The molecule has 2 saturated heterocycles. The molecule has 0 radical (unpaired) electrons. The molecule has 6 heteroatoms. The Morgan fingerprint density at radius 1 is 1.33 bits per heavy atom. The van der Waals surface area contributed by atoms with E-state index in [0.29, 0.717) is 18.4 Å². The van der Waals surface area contributed by atoms with Crippen molar-refractivity contribution in [2.75, 3.05) is 32.8 Å². The lowest BCUT2D eigenvalue weighted by Gasteiger charge is -2.40. The Labute approximate surface area is 181 Å². The third-order valence-corrected chi connectivity index (χ3v) is 5.80. The largest absolute Gasteiger partial charge is 0.381 e. The van der Waals surface area contributed by atoms with Crippen molar-refractivity contribution in [3.8, 4) is 0 Å². The maximum atomic E-state index is 6.35. The van der Waals surface area contributed by atoms with Crippen molar-refractivity contribution in [3.63, 3.8) is 0 Å². The van der Waals surface area contributed by atoms with Crippen LogP contribution in [-0.2, 0) is 4.74 Å². The fourth-order valence-electron chi connectivity index (χ4n) is 4.12. The lowest BCUT2D eigenvalue weighted by Crippen LogP contribution is -2.53. The number of nitrogens with two attached hydrogens (primary N) is 1. The summed E-state index contributed by atoms with van der Waals surface area (Å²) < 4.78 is 5.62. The van der Waals surface area contributed by atoms with Crippen molar-refractivity contribution in [1.29, 1.82) is 0 Å². The van der Waals surface area contributed by atoms with Crippen LogP contribution in [0.1, 0.15) is 51.1 Å². The van der Waals surface area contributed by atoms with Crippen LogP contribution < -0.4 is 11.1 Å². The number of hydrogen-bond donors (Lipinski definition) is 2. The number of hydrogen-bond acceptors (Lipinski definition) is 3. The standard InChI is InChI=1S/C21H34N4O.HI/c1-17-7-6-12-25(15-17)20(22)23-16-21(10-13-26-14-11-21)24-18(2)19-8-4-3-5-9-19;/h3-5,8-9,17-18,24H,6-7,10-16H2,1-2H3,(H2,22,23);1H. The van der Waals surface area contributed by atoms with E-state index in [1.54, 1.807) is 0 Å².